The molecular formula is C29H36O7. The average Bonchev–Trinajstić information content (AvgIpc) is 3.57. The van der Waals surface area contributed by atoms with Crippen LogP contribution in [0.25, 0.3) is 6.08 Å². The number of carbonyl (C=O) groups is 2. The van der Waals surface area contributed by atoms with Crippen molar-refractivity contribution in [2.75, 3.05) is 19.8 Å². The number of aliphatic hydroxyl groups excluding tert-OH is 2. The van der Waals surface area contributed by atoms with E-state index in [2.05, 4.69) is 6.92 Å². The zero-order chi connectivity index (χ0) is 25.6. The minimum atomic E-state index is -0.746. The van der Waals surface area contributed by atoms with E-state index < -0.39 is 29.6 Å². The van der Waals surface area contributed by atoms with Gasteiger partial charge in [-0.05, 0) is 61.0 Å². The SMILES string of the molecule is C[C@]12CC[C@@H](O)[C@@](C)(CO)C1CC[C@]1(CO1)C2C/C=C1/C(=O)OC[C@H]1OC(=O)/C=C/c1ccccc1. The van der Waals surface area contributed by atoms with Gasteiger partial charge in [0.15, 0.2) is 6.10 Å². The molecule has 4 aliphatic rings. The van der Waals surface area contributed by atoms with Crippen LogP contribution < -0.4 is 0 Å². The van der Waals surface area contributed by atoms with Crippen molar-refractivity contribution in [3.63, 3.8) is 0 Å². The molecule has 2 aliphatic heterocycles. The van der Waals surface area contributed by atoms with Gasteiger partial charge in [0.1, 0.15) is 6.61 Å². The van der Waals surface area contributed by atoms with Crippen LogP contribution in [0.4, 0.5) is 0 Å². The van der Waals surface area contributed by atoms with Crippen molar-refractivity contribution in [1.82, 2.24) is 0 Å². The Labute approximate surface area is 212 Å². The highest BCUT2D eigenvalue weighted by molar-refractivity contribution is 5.93. The Morgan fingerprint density at radius 2 is 1.94 bits per heavy atom. The molecule has 0 bridgehead atoms. The minimum Gasteiger partial charge on any atom is -0.458 e. The molecule has 7 nitrogen and oxygen atoms in total. The molecule has 5 rings (SSSR count). The van der Waals surface area contributed by atoms with E-state index in [1.807, 2.05) is 43.3 Å². The monoisotopic (exact) mass is 496 g/mol. The van der Waals surface area contributed by atoms with E-state index in [0.29, 0.717) is 25.0 Å². The minimum absolute atomic E-state index is 0.0105. The summed E-state index contributed by atoms with van der Waals surface area (Å²) in [6, 6.07) is 9.45. The predicted molar refractivity (Wildman–Crippen MR) is 132 cm³/mol. The molecule has 2 saturated carbocycles. The lowest BCUT2D eigenvalue weighted by molar-refractivity contribution is -0.175. The first kappa shape index (κ1) is 25.2. The lowest BCUT2D eigenvalue weighted by atomic mass is 9.45. The Kier molecular flexibility index (Phi) is 6.60. The van der Waals surface area contributed by atoms with Crippen molar-refractivity contribution < 1.29 is 34.0 Å². The Hall–Kier alpha value is -2.48. The van der Waals surface area contributed by atoms with Gasteiger partial charge in [-0.1, -0.05) is 50.3 Å². The normalized spacial score (nSPS) is 40.9. The van der Waals surface area contributed by atoms with Crippen LogP contribution in [0.1, 0.15) is 51.5 Å². The number of epoxide rings is 1. The van der Waals surface area contributed by atoms with Crippen LogP contribution >= 0.6 is 0 Å². The predicted octanol–water partition coefficient (Wildman–Crippen LogP) is 3.44. The summed E-state index contributed by atoms with van der Waals surface area (Å²) in [7, 11) is 0. The van der Waals surface area contributed by atoms with Gasteiger partial charge in [0, 0.05) is 11.5 Å². The molecule has 36 heavy (non-hydrogen) atoms. The van der Waals surface area contributed by atoms with E-state index in [0.717, 1.165) is 24.8 Å². The Balaban J connectivity index is 1.34. The fourth-order valence-electron chi connectivity index (χ4n) is 7.24. The van der Waals surface area contributed by atoms with Crippen molar-refractivity contribution in [2.45, 2.75) is 63.8 Å². The van der Waals surface area contributed by atoms with Crippen LogP contribution in [0.5, 0.6) is 0 Å². The first-order chi connectivity index (χ1) is 17.2. The zero-order valence-corrected chi connectivity index (χ0v) is 21.0. The maximum atomic E-state index is 12.6. The standard InChI is InChI=1S/C29H36O7/c1-27-14-13-24(31)28(2,17-30)22(27)12-15-29(18-35-29)23(27)10-9-20-21(16-34-26(20)33)36-25(32)11-8-19-6-4-3-5-7-19/h3-9,11,21-24,30-31H,10,12-18H2,1-2H3/b11-8+,20-9+/t21-,22?,23?,24-,27+,28+,29+/m1/s1. The number of ether oxygens (including phenoxy) is 3. The third-order valence-corrected chi connectivity index (χ3v) is 9.44. The van der Waals surface area contributed by atoms with Crippen molar-refractivity contribution in [3.05, 3.63) is 53.6 Å². The van der Waals surface area contributed by atoms with Crippen LogP contribution in [-0.2, 0) is 23.8 Å². The van der Waals surface area contributed by atoms with Gasteiger partial charge in [0.05, 0.1) is 30.5 Å². The number of benzene rings is 1. The zero-order valence-electron chi connectivity index (χ0n) is 21.0. The average molecular weight is 497 g/mol. The number of hydrogen-bond acceptors (Lipinski definition) is 7. The molecule has 2 N–H and O–H groups in total. The summed E-state index contributed by atoms with van der Waals surface area (Å²) < 4.78 is 16.9. The molecule has 7 atom stereocenters. The number of cyclic esters (lactones) is 1. The fourth-order valence-corrected chi connectivity index (χ4v) is 7.24. The molecule has 1 aromatic rings. The molecule has 2 aliphatic carbocycles. The van der Waals surface area contributed by atoms with Crippen LogP contribution in [-0.4, -0.2) is 59.8 Å². The molecule has 1 aromatic carbocycles. The molecule has 2 heterocycles. The Morgan fingerprint density at radius 3 is 2.64 bits per heavy atom. The largest absolute Gasteiger partial charge is 0.458 e. The van der Waals surface area contributed by atoms with Gasteiger partial charge in [0.2, 0.25) is 0 Å². The van der Waals surface area contributed by atoms with Gasteiger partial charge in [-0.15, -0.1) is 0 Å². The van der Waals surface area contributed by atoms with Gasteiger partial charge >= 0.3 is 11.9 Å². The summed E-state index contributed by atoms with van der Waals surface area (Å²) in [4.78, 5) is 25.0. The summed E-state index contributed by atoms with van der Waals surface area (Å²) >= 11 is 0. The molecule has 4 fully saturated rings. The quantitative estimate of drug-likeness (QED) is 0.353. The first-order valence-electron chi connectivity index (χ1n) is 13.0. The highest BCUT2D eigenvalue weighted by Gasteiger charge is 2.66. The van der Waals surface area contributed by atoms with Gasteiger partial charge in [-0.3, -0.25) is 0 Å². The number of allylic oxidation sites excluding steroid dienone is 1. The third kappa shape index (κ3) is 4.31. The molecule has 2 saturated heterocycles. The van der Waals surface area contributed by atoms with Crippen LogP contribution in [0.3, 0.4) is 0 Å². The highest BCUT2D eigenvalue weighted by Crippen LogP contribution is 2.66. The third-order valence-electron chi connectivity index (χ3n) is 9.44. The van der Waals surface area contributed by atoms with Crippen LogP contribution in [0.15, 0.2) is 48.1 Å². The number of rotatable bonds is 6. The van der Waals surface area contributed by atoms with Gasteiger partial charge in [-0.25, -0.2) is 9.59 Å². The van der Waals surface area contributed by atoms with Gasteiger partial charge < -0.3 is 24.4 Å². The molecule has 2 unspecified atom stereocenters. The Bertz CT molecular complexity index is 1060. The maximum absolute atomic E-state index is 12.6. The number of fused-ring (bicyclic) bond motifs is 1. The molecule has 1 spiro atoms. The van der Waals surface area contributed by atoms with Crippen LogP contribution in [0.2, 0.25) is 0 Å². The number of hydrogen-bond donors (Lipinski definition) is 2. The molecule has 0 radical (unpaired) electrons. The lowest BCUT2D eigenvalue weighted by Gasteiger charge is -2.60. The van der Waals surface area contributed by atoms with Crippen molar-refractivity contribution >= 4 is 18.0 Å². The molecular weight excluding hydrogens is 460 g/mol. The van der Waals surface area contributed by atoms with E-state index >= 15 is 0 Å². The summed E-state index contributed by atoms with van der Waals surface area (Å²) in [5.41, 5.74) is 0.304. The second-order valence-electron chi connectivity index (χ2n) is 11.4. The van der Waals surface area contributed by atoms with Gasteiger partial charge in [-0.2, -0.15) is 0 Å². The topological polar surface area (TPSA) is 106 Å². The van der Waals surface area contributed by atoms with E-state index in [1.165, 1.54) is 6.08 Å². The molecule has 0 aromatic heterocycles. The Morgan fingerprint density at radius 1 is 1.19 bits per heavy atom. The van der Waals surface area contributed by atoms with Gasteiger partial charge in [0.25, 0.3) is 0 Å². The van der Waals surface area contributed by atoms with E-state index in [4.69, 9.17) is 14.2 Å². The number of esters is 2. The second kappa shape index (κ2) is 9.43. The number of carbonyl (C=O) groups excluding carboxylic acids is 2. The highest BCUT2D eigenvalue weighted by atomic mass is 16.6. The van der Waals surface area contributed by atoms with Crippen molar-refractivity contribution in [2.24, 2.45) is 22.7 Å². The van der Waals surface area contributed by atoms with E-state index in [-0.39, 0.29) is 36.1 Å². The van der Waals surface area contributed by atoms with Crippen molar-refractivity contribution in [1.29, 1.82) is 0 Å². The van der Waals surface area contributed by atoms with Crippen LogP contribution in [0, 0.1) is 22.7 Å². The van der Waals surface area contributed by atoms with E-state index in [9.17, 15) is 19.8 Å². The first-order valence-corrected chi connectivity index (χ1v) is 13.0. The smallest absolute Gasteiger partial charge is 0.337 e. The summed E-state index contributed by atoms with van der Waals surface area (Å²) in [5, 5.41) is 21.0. The maximum Gasteiger partial charge on any atom is 0.337 e. The second-order valence-corrected chi connectivity index (χ2v) is 11.4. The van der Waals surface area contributed by atoms with E-state index in [1.54, 1.807) is 6.08 Å². The molecule has 194 valence electrons. The lowest BCUT2D eigenvalue weighted by Crippen LogP contribution is -2.60. The van der Waals surface area contributed by atoms with Crippen molar-refractivity contribution in [3.8, 4) is 0 Å². The summed E-state index contributed by atoms with van der Waals surface area (Å²) in [6.45, 7) is 4.89. The summed E-state index contributed by atoms with van der Waals surface area (Å²) in [5.74, 6) is -0.719. The molecule has 7 heteroatoms. The number of aliphatic hydroxyl groups is 2. The fraction of sp³-hybridized carbons (Fsp3) is 0.586. The molecule has 0 amide bonds. The summed E-state index contributed by atoms with van der Waals surface area (Å²) in [6.07, 6.45) is 7.44.